The third-order valence-electron chi connectivity index (χ3n) is 9.24. The molecule has 3 aliphatic heterocycles. The van der Waals surface area contributed by atoms with Gasteiger partial charge in [-0.3, -0.25) is 10.2 Å². The van der Waals surface area contributed by atoms with Crippen LogP contribution < -0.4 is 26.6 Å². The number of hydrogen-bond acceptors (Lipinski definition) is 11. The summed E-state index contributed by atoms with van der Waals surface area (Å²) >= 11 is 1.54. The minimum Gasteiger partial charge on any atom is -0.493 e. The van der Waals surface area contributed by atoms with E-state index in [1.807, 2.05) is 28.8 Å². The highest BCUT2D eigenvalue weighted by atomic mass is 32.2. The van der Waals surface area contributed by atoms with E-state index in [9.17, 15) is 10.1 Å². The minimum absolute atomic E-state index is 0.0345. The molecule has 4 aliphatic rings. The molecule has 0 spiro atoms. The summed E-state index contributed by atoms with van der Waals surface area (Å²) in [5.41, 5.74) is 9.32. The van der Waals surface area contributed by atoms with Crippen LogP contribution in [0.2, 0.25) is 0 Å². The highest BCUT2D eigenvalue weighted by Crippen LogP contribution is 2.43. The Bertz CT molecular complexity index is 2020. The SMILES string of the molecule is CNc1c(C(=N)N)nc(SC2CC3=C(C=C2C2=CCCO2)OCO3)n1CCCNC(=O)C(C#N)=Cc1ccc2cc(N3CCNCC3)ccc2c1. The molecule has 51 heavy (non-hydrogen) atoms. The van der Waals surface area contributed by atoms with Crippen molar-refractivity contribution in [3.8, 4) is 6.07 Å². The van der Waals surface area contributed by atoms with Crippen LogP contribution in [0.15, 0.2) is 82.1 Å². The molecule has 0 bridgehead atoms. The topological polar surface area (TPSA) is 176 Å². The molecule has 1 saturated heterocycles. The van der Waals surface area contributed by atoms with Crippen LogP contribution in [0.3, 0.4) is 0 Å². The number of piperazine rings is 1. The summed E-state index contributed by atoms with van der Waals surface area (Å²) in [7, 11) is 1.77. The maximum absolute atomic E-state index is 13.1. The first-order valence-electron chi connectivity index (χ1n) is 17.1. The van der Waals surface area contributed by atoms with Crippen molar-refractivity contribution >= 4 is 51.9 Å². The lowest BCUT2D eigenvalue weighted by atomic mass is 10.00. The number of amides is 1. The summed E-state index contributed by atoms with van der Waals surface area (Å²) in [6.07, 6.45) is 7.67. The average Bonchev–Trinajstić information content (AvgIpc) is 3.93. The van der Waals surface area contributed by atoms with Crippen LogP contribution in [0.4, 0.5) is 11.5 Å². The van der Waals surface area contributed by atoms with Crippen molar-refractivity contribution in [2.24, 2.45) is 5.73 Å². The fourth-order valence-electron chi connectivity index (χ4n) is 6.67. The van der Waals surface area contributed by atoms with E-state index in [0.717, 1.165) is 71.8 Å². The number of rotatable bonds is 12. The number of aromatic nitrogens is 2. The Labute approximate surface area is 300 Å². The number of nitrogens with two attached hydrogens (primary N) is 1. The maximum atomic E-state index is 13.1. The molecule has 0 radical (unpaired) electrons. The van der Waals surface area contributed by atoms with Crippen LogP contribution >= 0.6 is 11.8 Å². The van der Waals surface area contributed by atoms with Crippen molar-refractivity contribution < 1.29 is 19.0 Å². The number of allylic oxidation sites excluding steroid dienone is 3. The van der Waals surface area contributed by atoms with Gasteiger partial charge < -0.3 is 45.4 Å². The molecule has 7 rings (SSSR count). The van der Waals surface area contributed by atoms with Crippen molar-refractivity contribution in [1.29, 1.82) is 10.7 Å². The lowest BCUT2D eigenvalue weighted by Crippen LogP contribution is -2.43. The fraction of sp³-hybridized carbons (Fsp3) is 0.351. The maximum Gasteiger partial charge on any atom is 0.261 e. The molecular weight excluding hydrogens is 667 g/mol. The van der Waals surface area contributed by atoms with Gasteiger partial charge in [0.05, 0.1) is 6.61 Å². The molecule has 1 unspecified atom stereocenters. The Morgan fingerprint density at radius 2 is 2.02 bits per heavy atom. The Kier molecular flexibility index (Phi) is 10.2. The van der Waals surface area contributed by atoms with E-state index in [1.165, 1.54) is 5.69 Å². The van der Waals surface area contributed by atoms with E-state index >= 15 is 0 Å². The Hall–Kier alpha value is -5.39. The quantitative estimate of drug-likeness (QED) is 0.0600. The number of nitrogens with zero attached hydrogens (tertiary/aromatic N) is 4. The highest BCUT2D eigenvalue weighted by Gasteiger charge is 2.34. The summed E-state index contributed by atoms with van der Waals surface area (Å²) in [6, 6.07) is 14.4. The molecule has 0 saturated carbocycles. The number of thioether (sulfide) groups is 1. The highest BCUT2D eigenvalue weighted by molar-refractivity contribution is 8.00. The largest absolute Gasteiger partial charge is 0.493 e. The van der Waals surface area contributed by atoms with E-state index in [4.69, 9.17) is 30.3 Å². The number of anilines is 2. The molecule has 6 N–H and O–H groups in total. The third kappa shape index (κ3) is 7.40. The molecule has 1 aromatic heterocycles. The Morgan fingerprint density at radius 3 is 2.78 bits per heavy atom. The average molecular weight is 708 g/mol. The van der Waals surface area contributed by atoms with Gasteiger partial charge in [-0.05, 0) is 59.2 Å². The first-order valence-corrected chi connectivity index (χ1v) is 18.0. The number of hydrogen-bond donors (Lipinski definition) is 5. The predicted octanol–water partition coefficient (Wildman–Crippen LogP) is 4.20. The number of nitrogen functional groups attached to an aromatic ring is 1. The summed E-state index contributed by atoms with van der Waals surface area (Å²) < 4.78 is 19.3. The molecule has 4 heterocycles. The molecule has 3 aromatic rings. The lowest BCUT2D eigenvalue weighted by molar-refractivity contribution is -0.117. The van der Waals surface area contributed by atoms with Gasteiger partial charge in [-0.1, -0.05) is 30.0 Å². The third-order valence-corrected chi connectivity index (χ3v) is 10.5. The first-order chi connectivity index (χ1) is 24.9. The number of nitrogens with one attached hydrogen (secondary N) is 4. The zero-order valence-corrected chi connectivity index (χ0v) is 29.3. The molecule has 264 valence electrons. The lowest BCUT2D eigenvalue weighted by Gasteiger charge is -2.29. The molecule has 13 nitrogen and oxygen atoms in total. The van der Waals surface area contributed by atoms with Crippen molar-refractivity contribution in [2.45, 2.75) is 36.2 Å². The number of ether oxygens (including phenoxy) is 3. The number of benzene rings is 2. The summed E-state index contributed by atoms with van der Waals surface area (Å²) in [4.78, 5) is 20.3. The van der Waals surface area contributed by atoms with Gasteiger partial charge in [-0.15, -0.1) is 0 Å². The van der Waals surface area contributed by atoms with Crippen molar-refractivity contribution in [3.63, 3.8) is 0 Å². The van der Waals surface area contributed by atoms with Gasteiger partial charge in [-0.25, -0.2) is 4.98 Å². The zero-order chi connectivity index (χ0) is 35.3. The van der Waals surface area contributed by atoms with Crippen molar-refractivity contribution in [3.05, 3.63) is 88.2 Å². The number of carbonyl (C=O) groups excluding carboxylic acids is 1. The van der Waals surface area contributed by atoms with Crippen LogP contribution in [0.25, 0.3) is 16.8 Å². The van der Waals surface area contributed by atoms with E-state index < -0.39 is 5.91 Å². The smallest absolute Gasteiger partial charge is 0.261 e. The number of amidine groups is 1. The predicted molar refractivity (Wildman–Crippen MR) is 198 cm³/mol. The monoisotopic (exact) mass is 707 g/mol. The van der Waals surface area contributed by atoms with Crippen LogP contribution in [0, 0.1) is 16.7 Å². The van der Waals surface area contributed by atoms with E-state index in [2.05, 4.69) is 51.2 Å². The molecule has 1 aliphatic carbocycles. The summed E-state index contributed by atoms with van der Waals surface area (Å²) in [5.74, 6) is 2.38. The van der Waals surface area contributed by atoms with Crippen LogP contribution in [-0.2, 0) is 25.5 Å². The summed E-state index contributed by atoms with van der Waals surface area (Å²) in [5, 5.41) is 30.3. The van der Waals surface area contributed by atoms with Gasteiger partial charge in [0.2, 0.25) is 6.79 Å². The Balaban J connectivity index is 1.02. The van der Waals surface area contributed by atoms with Gasteiger partial charge in [-0.2, -0.15) is 5.26 Å². The van der Waals surface area contributed by atoms with Crippen molar-refractivity contribution in [2.75, 3.05) is 63.4 Å². The van der Waals surface area contributed by atoms with Gasteiger partial charge >= 0.3 is 0 Å². The summed E-state index contributed by atoms with van der Waals surface area (Å²) in [6.45, 7) is 5.52. The molecule has 1 amide bonds. The van der Waals surface area contributed by atoms with Crippen LogP contribution in [-0.4, -0.2) is 79.7 Å². The van der Waals surface area contributed by atoms with Gasteiger partial charge in [0, 0.05) is 75.7 Å². The number of carbonyl (C=O) groups is 1. The van der Waals surface area contributed by atoms with E-state index in [0.29, 0.717) is 49.2 Å². The molecule has 1 atom stereocenters. The van der Waals surface area contributed by atoms with E-state index in [1.54, 1.807) is 24.9 Å². The van der Waals surface area contributed by atoms with E-state index in [-0.39, 0.29) is 23.5 Å². The molecular formula is C37H41N9O4S. The number of fused-ring (bicyclic) bond motifs is 1. The second kappa shape index (κ2) is 15.2. The first kappa shape index (κ1) is 34.1. The molecule has 14 heteroatoms. The molecule has 2 aromatic carbocycles. The minimum atomic E-state index is -0.435. The van der Waals surface area contributed by atoms with Gasteiger partial charge in [0.15, 0.2) is 10.9 Å². The number of nitriles is 1. The van der Waals surface area contributed by atoms with Crippen LogP contribution in [0.1, 0.15) is 30.5 Å². The number of imidazole rings is 1. The van der Waals surface area contributed by atoms with Gasteiger partial charge in [0.25, 0.3) is 5.91 Å². The second-order valence-corrected chi connectivity index (χ2v) is 13.7. The molecule has 1 fully saturated rings. The zero-order valence-electron chi connectivity index (χ0n) is 28.5. The second-order valence-electron chi connectivity index (χ2n) is 12.5. The Morgan fingerprint density at radius 1 is 1.20 bits per heavy atom. The normalized spacial score (nSPS) is 18.6. The van der Waals surface area contributed by atoms with Crippen molar-refractivity contribution in [1.82, 2.24) is 20.2 Å². The van der Waals surface area contributed by atoms with Crippen LogP contribution in [0.5, 0.6) is 0 Å². The fourth-order valence-corrected chi connectivity index (χ4v) is 7.93. The standard InChI is InChI=1S/C37H41N9O4S/c1-41-35-33(34(39)40)44-37(51-32-20-31-30(49-22-50-31)19-28(32)29-4-2-15-48-29)46(35)12-3-9-43-36(47)26(21-38)17-23-5-6-25-18-27(8-7-24(25)16-23)45-13-10-42-11-14-45/h4-8,16-19,32,41-42H,2-3,9-15,20,22H2,1H3,(H3,39,40)(H,43,47). The van der Waals surface area contributed by atoms with Gasteiger partial charge in [0.1, 0.15) is 40.5 Å².